The van der Waals surface area contributed by atoms with Crippen LogP contribution in [0.1, 0.15) is 68.7 Å². The SMILES string of the molecule is C=C(C)CCc1c(C)cc2cc3c(c(O)c2c1O)C(O)=CC(=O)[C@]3(CC=C(C)CO)CCC(=C)C. The summed E-state index contributed by atoms with van der Waals surface area (Å²) in [5, 5.41) is 43.8. The van der Waals surface area contributed by atoms with Gasteiger partial charge in [0.05, 0.1) is 23.0 Å². The number of aliphatic hydroxyl groups excluding tert-OH is 2. The third-order valence-electron chi connectivity index (χ3n) is 7.04. The molecule has 186 valence electrons. The molecule has 0 amide bonds. The Morgan fingerprint density at radius 1 is 1.03 bits per heavy atom. The van der Waals surface area contributed by atoms with E-state index in [0.717, 1.165) is 27.8 Å². The van der Waals surface area contributed by atoms with E-state index in [2.05, 4.69) is 13.2 Å². The Morgan fingerprint density at radius 3 is 2.29 bits per heavy atom. The van der Waals surface area contributed by atoms with Crippen molar-refractivity contribution >= 4 is 22.3 Å². The van der Waals surface area contributed by atoms with Gasteiger partial charge >= 0.3 is 0 Å². The number of ketones is 1. The average molecular weight is 477 g/mol. The number of allylic oxidation sites excluding steroid dienone is 4. The Morgan fingerprint density at radius 2 is 1.69 bits per heavy atom. The first-order chi connectivity index (χ1) is 16.4. The molecule has 0 radical (unpaired) electrons. The monoisotopic (exact) mass is 476 g/mol. The Balaban J connectivity index is 2.35. The van der Waals surface area contributed by atoms with E-state index in [1.54, 1.807) is 13.0 Å². The topological polar surface area (TPSA) is 98.0 Å². The quantitative estimate of drug-likeness (QED) is 0.311. The number of phenolic OH excluding ortho intramolecular Hbond substituents is 2. The van der Waals surface area contributed by atoms with Gasteiger partial charge < -0.3 is 20.4 Å². The summed E-state index contributed by atoms with van der Waals surface area (Å²) in [5.74, 6) is -0.838. The smallest absolute Gasteiger partial charge is 0.170 e. The third-order valence-corrected chi connectivity index (χ3v) is 7.04. The van der Waals surface area contributed by atoms with Crippen molar-refractivity contribution in [2.45, 2.75) is 65.2 Å². The lowest BCUT2D eigenvalue weighted by molar-refractivity contribution is -0.120. The van der Waals surface area contributed by atoms with E-state index in [0.29, 0.717) is 43.1 Å². The number of fused-ring (bicyclic) bond motifs is 2. The Labute approximate surface area is 207 Å². The average Bonchev–Trinajstić information content (AvgIpc) is 2.77. The summed E-state index contributed by atoms with van der Waals surface area (Å²) in [5.41, 5.74) is 3.87. The molecule has 2 aromatic rings. The molecule has 0 aromatic heterocycles. The van der Waals surface area contributed by atoms with E-state index >= 15 is 0 Å². The predicted molar refractivity (Wildman–Crippen MR) is 142 cm³/mol. The van der Waals surface area contributed by atoms with Gasteiger partial charge in [-0.15, -0.1) is 13.2 Å². The van der Waals surface area contributed by atoms with Crippen LogP contribution < -0.4 is 0 Å². The minimum Gasteiger partial charge on any atom is -0.507 e. The summed E-state index contributed by atoms with van der Waals surface area (Å²) in [7, 11) is 0. The normalized spacial score (nSPS) is 17.9. The van der Waals surface area contributed by atoms with Crippen LogP contribution in [0.4, 0.5) is 0 Å². The van der Waals surface area contributed by atoms with Gasteiger partial charge in [-0.2, -0.15) is 0 Å². The van der Waals surface area contributed by atoms with Crippen LogP contribution in [0.3, 0.4) is 0 Å². The standard InChI is InChI=1S/C30H36O5/c1-17(2)7-8-22-20(6)13-21-14-23-27(29(35)26(21)28(22)34)24(32)15-25(33)30(23,11-9-18(3)4)12-10-19(5)16-31/h10,13-15,31-32,34-35H,1,3,7-9,11-12,16H2,2,4-6H3/t30-/m0/s1. The highest BCUT2D eigenvalue weighted by atomic mass is 16.3. The molecule has 0 saturated heterocycles. The molecule has 0 fully saturated rings. The zero-order chi connectivity index (χ0) is 26.1. The van der Waals surface area contributed by atoms with Gasteiger partial charge in [0.1, 0.15) is 17.3 Å². The van der Waals surface area contributed by atoms with Crippen LogP contribution in [0.5, 0.6) is 11.5 Å². The summed E-state index contributed by atoms with van der Waals surface area (Å²) in [6.45, 7) is 15.3. The largest absolute Gasteiger partial charge is 0.507 e. The van der Waals surface area contributed by atoms with Crippen LogP contribution in [0.2, 0.25) is 0 Å². The van der Waals surface area contributed by atoms with Gasteiger partial charge in [0.15, 0.2) is 5.78 Å². The van der Waals surface area contributed by atoms with Crippen molar-refractivity contribution < 1.29 is 25.2 Å². The lowest BCUT2D eigenvalue weighted by Crippen LogP contribution is -2.38. The van der Waals surface area contributed by atoms with Gasteiger partial charge in [-0.05, 0) is 87.9 Å². The number of carbonyl (C=O) groups is 1. The van der Waals surface area contributed by atoms with Gasteiger partial charge in [-0.3, -0.25) is 4.79 Å². The number of hydrogen-bond donors (Lipinski definition) is 4. The molecule has 2 aromatic carbocycles. The molecule has 35 heavy (non-hydrogen) atoms. The molecule has 0 saturated carbocycles. The van der Waals surface area contributed by atoms with Gasteiger partial charge in [0.25, 0.3) is 0 Å². The van der Waals surface area contributed by atoms with Crippen LogP contribution in [0.15, 0.2) is 54.2 Å². The number of benzene rings is 2. The van der Waals surface area contributed by atoms with E-state index in [9.17, 15) is 25.2 Å². The van der Waals surface area contributed by atoms with Gasteiger partial charge in [0, 0.05) is 6.08 Å². The predicted octanol–water partition coefficient (Wildman–Crippen LogP) is 6.47. The van der Waals surface area contributed by atoms with Crippen LogP contribution in [0.25, 0.3) is 16.5 Å². The second kappa shape index (κ2) is 10.1. The second-order valence-corrected chi connectivity index (χ2v) is 10.1. The highest BCUT2D eigenvalue weighted by molar-refractivity contribution is 6.10. The summed E-state index contributed by atoms with van der Waals surface area (Å²) in [4.78, 5) is 13.5. The zero-order valence-electron chi connectivity index (χ0n) is 21.2. The first kappa shape index (κ1) is 26.3. The van der Waals surface area contributed by atoms with Crippen molar-refractivity contribution in [1.82, 2.24) is 0 Å². The number of phenols is 2. The second-order valence-electron chi connectivity index (χ2n) is 10.1. The van der Waals surface area contributed by atoms with Crippen molar-refractivity contribution in [3.8, 4) is 11.5 Å². The molecule has 1 aliphatic rings. The third kappa shape index (κ3) is 4.92. The van der Waals surface area contributed by atoms with Crippen molar-refractivity contribution in [3.63, 3.8) is 0 Å². The number of hydrogen-bond acceptors (Lipinski definition) is 5. The first-order valence-corrected chi connectivity index (χ1v) is 11.9. The molecule has 0 spiro atoms. The molecule has 1 atom stereocenters. The number of aliphatic hydroxyl groups is 2. The molecule has 0 unspecified atom stereocenters. The molecule has 5 nitrogen and oxygen atoms in total. The van der Waals surface area contributed by atoms with E-state index in [1.165, 1.54) is 6.08 Å². The van der Waals surface area contributed by atoms with Gasteiger partial charge in [-0.1, -0.05) is 28.9 Å². The lowest BCUT2D eigenvalue weighted by atomic mass is 9.65. The molecule has 0 aliphatic heterocycles. The summed E-state index contributed by atoms with van der Waals surface area (Å²) in [6.07, 6.45) is 5.59. The molecule has 5 heteroatoms. The fraction of sp³-hybridized carbons (Fsp3) is 0.367. The zero-order valence-corrected chi connectivity index (χ0v) is 21.2. The highest BCUT2D eigenvalue weighted by Crippen LogP contribution is 2.51. The molecule has 3 rings (SSSR count). The summed E-state index contributed by atoms with van der Waals surface area (Å²) in [6, 6.07) is 3.71. The van der Waals surface area contributed by atoms with Crippen molar-refractivity contribution in [1.29, 1.82) is 0 Å². The van der Waals surface area contributed by atoms with Crippen LogP contribution in [-0.2, 0) is 16.6 Å². The van der Waals surface area contributed by atoms with Crippen LogP contribution in [-0.4, -0.2) is 32.8 Å². The van der Waals surface area contributed by atoms with Crippen LogP contribution >= 0.6 is 0 Å². The van der Waals surface area contributed by atoms with Gasteiger partial charge in [0.2, 0.25) is 0 Å². The Kier molecular flexibility index (Phi) is 7.61. The summed E-state index contributed by atoms with van der Waals surface area (Å²) >= 11 is 0. The molecule has 0 bridgehead atoms. The fourth-order valence-electron chi connectivity index (χ4n) is 4.88. The minimum atomic E-state index is -1.05. The molecular formula is C30H36O5. The number of carbonyl (C=O) groups excluding carboxylic acids is 1. The molecule has 4 N–H and O–H groups in total. The number of aromatic hydroxyl groups is 2. The molecule has 0 heterocycles. The van der Waals surface area contributed by atoms with E-state index in [1.807, 2.05) is 32.9 Å². The van der Waals surface area contributed by atoms with Crippen LogP contribution in [0, 0.1) is 6.92 Å². The van der Waals surface area contributed by atoms with Gasteiger partial charge in [-0.25, -0.2) is 0 Å². The maximum absolute atomic E-state index is 13.5. The van der Waals surface area contributed by atoms with Crippen molar-refractivity contribution in [3.05, 3.63) is 76.4 Å². The Hall–Kier alpha value is -3.31. The van der Waals surface area contributed by atoms with E-state index in [-0.39, 0.29) is 40.6 Å². The van der Waals surface area contributed by atoms with E-state index < -0.39 is 5.41 Å². The number of rotatable bonds is 9. The lowest BCUT2D eigenvalue weighted by Gasteiger charge is -2.36. The Bertz CT molecular complexity index is 1280. The minimum absolute atomic E-state index is 0.0187. The van der Waals surface area contributed by atoms with E-state index in [4.69, 9.17) is 0 Å². The first-order valence-electron chi connectivity index (χ1n) is 11.9. The maximum Gasteiger partial charge on any atom is 0.170 e. The molecule has 1 aliphatic carbocycles. The molecular weight excluding hydrogens is 440 g/mol. The number of aryl methyl sites for hydroxylation is 1. The fourth-order valence-corrected chi connectivity index (χ4v) is 4.88. The van der Waals surface area contributed by atoms with Crippen molar-refractivity contribution in [2.75, 3.05) is 6.61 Å². The maximum atomic E-state index is 13.5. The summed E-state index contributed by atoms with van der Waals surface area (Å²) < 4.78 is 0. The van der Waals surface area contributed by atoms with Crippen molar-refractivity contribution in [2.24, 2.45) is 0 Å². The highest BCUT2D eigenvalue weighted by Gasteiger charge is 2.44.